The summed E-state index contributed by atoms with van der Waals surface area (Å²) in [6, 6.07) is 6.50. The SMILES string of the molecule is Cc1c(C(C)C)nc(C(C)C)c(/C=C/[C@@H]2CC(O)CC(=O)O2)c1-c1ccc(F)cc1. The Morgan fingerprint density at radius 1 is 1.13 bits per heavy atom. The Kier molecular flexibility index (Phi) is 6.71. The fourth-order valence-electron chi connectivity index (χ4n) is 4.02. The van der Waals surface area contributed by atoms with Crippen molar-refractivity contribution in [2.24, 2.45) is 0 Å². The molecule has 4 nitrogen and oxygen atoms in total. The number of benzene rings is 1. The maximum atomic E-state index is 13.6. The van der Waals surface area contributed by atoms with Crippen molar-refractivity contribution in [3.05, 3.63) is 58.7 Å². The molecule has 1 unspecified atom stereocenters. The van der Waals surface area contributed by atoms with Crippen LogP contribution in [0.5, 0.6) is 0 Å². The van der Waals surface area contributed by atoms with E-state index in [0.29, 0.717) is 6.42 Å². The molecule has 1 N–H and O–H groups in total. The van der Waals surface area contributed by atoms with Gasteiger partial charge in [0.15, 0.2) is 0 Å². The Hall–Kier alpha value is -2.53. The predicted molar refractivity (Wildman–Crippen MR) is 117 cm³/mol. The van der Waals surface area contributed by atoms with Gasteiger partial charge in [-0.05, 0) is 53.7 Å². The molecule has 0 radical (unpaired) electrons. The lowest BCUT2D eigenvalue weighted by Gasteiger charge is -2.24. The fraction of sp³-hybridized carbons (Fsp3) is 0.440. The predicted octanol–water partition coefficient (Wildman–Crippen LogP) is 5.52. The zero-order valence-electron chi connectivity index (χ0n) is 18.3. The number of pyridine rings is 1. The van der Waals surface area contributed by atoms with E-state index in [-0.39, 0.29) is 24.1 Å². The van der Waals surface area contributed by atoms with Crippen LogP contribution >= 0.6 is 0 Å². The van der Waals surface area contributed by atoms with E-state index in [2.05, 4.69) is 27.7 Å². The van der Waals surface area contributed by atoms with E-state index >= 15 is 0 Å². The molecule has 1 aliphatic rings. The van der Waals surface area contributed by atoms with Crippen LogP contribution in [0, 0.1) is 12.7 Å². The van der Waals surface area contributed by atoms with Crippen molar-refractivity contribution in [1.82, 2.24) is 4.98 Å². The highest BCUT2D eigenvalue weighted by molar-refractivity contribution is 5.80. The van der Waals surface area contributed by atoms with E-state index in [1.165, 1.54) is 12.1 Å². The molecule has 2 heterocycles. The summed E-state index contributed by atoms with van der Waals surface area (Å²) in [5, 5.41) is 9.91. The van der Waals surface area contributed by atoms with Gasteiger partial charge in [-0.2, -0.15) is 0 Å². The van der Waals surface area contributed by atoms with Gasteiger partial charge in [-0.3, -0.25) is 9.78 Å². The number of esters is 1. The third-order valence-electron chi connectivity index (χ3n) is 5.44. The van der Waals surface area contributed by atoms with Crippen LogP contribution in [0.1, 0.15) is 74.9 Å². The number of nitrogens with zero attached hydrogens (tertiary/aromatic N) is 1. The van der Waals surface area contributed by atoms with E-state index in [4.69, 9.17) is 9.72 Å². The van der Waals surface area contributed by atoms with Crippen molar-refractivity contribution in [3.63, 3.8) is 0 Å². The lowest BCUT2D eigenvalue weighted by Crippen LogP contribution is -2.31. The standard InChI is InChI=1S/C25H30FNO3/c1-14(2)24-16(5)23(17-6-8-18(26)9-7-17)21(25(27-24)15(3)4)11-10-20-12-19(28)13-22(29)30-20/h6-11,14-15,19-20,28H,12-13H2,1-5H3/b11-10+/t19?,20-/m1/s1. The summed E-state index contributed by atoms with van der Waals surface area (Å²) in [4.78, 5) is 16.7. The average molecular weight is 412 g/mol. The maximum absolute atomic E-state index is 13.6. The van der Waals surface area contributed by atoms with Crippen LogP contribution in [-0.2, 0) is 9.53 Å². The molecule has 0 aliphatic carbocycles. The molecular weight excluding hydrogens is 381 g/mol. The van der Waals surface area contributed by atoms with Crippen LogP contribution < -0.4 is 0 Å². The first-order chi connectivity index (χ1) is 14.2. The molecule has 160 valence electrons. The minimum absolute atomic E-state index is 0.0339. The maximum Gasteiger partial charge on any atom is 0.309 e. The van der Waals surface area contributed by atoms with E-state index in [1.807, 2.05) is 19.1 Å². The Balaban J connectivity index is 2.18. The van der Waals surface area contributed by atoms with Crippen LogP contribution in [0.2, 0.25) is 0 Å². The molecule has 1 fully saturated rings. The Morgan fingerprint density at radius 3 is 2.33 bits per heavy atom. The first kappa shape index (κ1) is 22.2. The highest BCUT2D eigenvalue weighted by Crippen LogP contribution is 2.37. The van der Waals surface area contributed by atoms with Gasteiger partial charge in [0.05, 0.1) is 18.2 Å². The van der Waals surface area contributed by atoms with Crippen LogP contribution in [0.4, 0.5) is 4.39 Å². The Bertz CT molecular complexity index is 948. The number of hydrogen-bond donors (Lipinski definition) is 1. The number of aliphatic hydroxyl groups excluding tert-OH is 1. The molecule has 3 rings (SSSR count). The number of halogens is 1. The number of carbonyl (C=O) groups excluding carboxylic acids is 1. The fourth-order valence-corrected chi connectivity index (χ4v) is 4.02. The van der Waals surface area contributed by atoms with E-state index in [9.17, 15) is 14.3 Å². The summed E-state index contributed by atoms with van der Waals surface area (Å²) in [5.74, 6) is -0.259. The Labute approximate surface area is 177 Å². The lowest BCUT2D eigenvalue weighted by molar-refractivity contribution is -0.156. The normalized spacial score (nSPS) is 19.7. The van der Waals surface area contributed by atoms with Gasteiger partial charge in [-0.1, -0.05) is 45.9 Å². The molecule has 1 aromatic carbocycles. The van der Waals surface area contributed by atoms with Gasteiger partial charge in [0.25, 0.3) is 0 Å². The quantitative estimate of drug-likeness (QED) is 0.658. The monoisotopic (exact) mass is 411 g/mol. The molecule has 0 saturated carbocycles. The molecule has 1 aliphatic heterocycles. The summed E-state index contributed by atoms with van der Waals surface area (Å²) in [7, 11) is 0. The summed E-state index contributed by atoms with van der Waals surface area (Å²) >= 11 is 0. The zero-order chi connectivity index (χ0) is 22.0. The van der Waals surface area contributed by atoms with Crippen LogP contribution in [0.3, 0.4) is 0 Å². The number of hydrogen-bond acceptors (Lipinski definition) is 4. The largest absolute Gasteiger partial charge is 0.458 e. The molecule has 0 amide bonds. The van der Waals surface area contributed by atoms with Gasteiger partial charge in [0.2, 0.25) is 0 Å². The van der Waals surface area contributed by atoms with Crippen molar-refractivity contribution in [2.45, 2.75) is 71.5 Å². The number of cyclic esters (lactones) is 1. The molecular formula is C25H30FNO3. The van der Waals surface area contributed by atoms with Crippen molar-refractivity contribution < 1.29 is 19.0 Å². The van der Waals surface area contributed by atoms with E-state index in [1.54, 1.807) is 12.1 Å². The molecule has 1 aromatic heterocycles. The lowest BCUT2D eigenvalue weighted by atomic mass is 9.87. The smallest absolute Gasteiger partial charge is 0.309 e. The minimum atomic E-state index is -0.690. The summed E-state index contributed by atoms with van der Waals surface area (Å²) in [6.45, 7) is 10.5. The third-order valence-corrected chi connectivity index (χ3v) is 5.44. The molecule has 1 saturated heterocycles. The van der Waals surface area contributed by atoms with Gasteiger partial charge in [0, 0.05) is 17.7 Å². The van der Waals surface area contributed by atoms with Gasteiger partial charge >= 0.3 is 5.97 Å². The highest BCUT2D eigenvalue weighted by atomic mass is 19.1. The summed E-state index contributed by atoms with van der Waals surface area (Å²) in [5.41, 5.74) is 5.89. The van der Waals surface area contributed by atoms with Gasteiger partial charge in [-0.25, -0.2) is 4.39 Å². The van der Waals surface area contributed by atoms with Crippen LogP contribution in [0.25, 0.3) is 17.2 Å². The van der Waals surface area contributed by atoms with Gasteiger partial charge in [-0.15, -0.1) is 0 Å². The molecule has 2 atom stereocenters. The first-order valence-electron chi connectivity index (χ1n) is 10.5. The first-order valence-corrected chi connectivity index (χ1v) is 10.5. The molecule has 0 bridgehead atoms. The Morgan fingerprint density at radius 2 is 1.77 bits per heavy atom. The second-order valence-corrected chi connectivity index (χ2v) is 8.59. The second-order valence-electron chi connectivity index (χ2n) is 8.59. The van der Waals surface area contributed by atoms with Gasteiger partial charge in [0.1, 0.15) is 11.9 Å². The van der Waals surface area contributed by atoms with Crippen molar-refractivity contribution in [2.75, 3.05) is 0 Å². The molecule has 2 aromatic rings. The number of aliphatic hydroxyl groups is 1. The minimum Gasteiger partial charge on any atom is -0.458 e. The zero-order valence-corrected chi connectivity index (χ0v) is 18.3. The number of ether oxygens (including phenoxy) is 1. The van der Waals surface area contributed by atoms with Crippen molar-refractivity contribution in [1.29, 1.82) is 0 Å². The highest BCUT2D eigenvalue weighted by Gasteiger charge is 2.26. The van der Waals surface area contributed by atoms with Crippen LogP contribution in [-0.4, -0.2) is 28.3 Å². The average Bonchev–Trinajstić information content (AvgIpc) is 2.66. The molecule has 30 heavy (non-hydrogen) atoms. The van der Waals surface area contributed by atoms with Gasteiger partial charge < -0.3 is 9.84 Å². The van der Waals surface area contributed by atoms with Crippen LogP contribution in [0.15, 0.2) is 30.3 Å². The van der Waals surface area contributed by atoms with Crippen molar-refractivity contribution >= 4 is 12.0 Å². The van der Waals surface area contributed by atoms with E-state index < -0.39 is 18.2 Å². The number of aromatic nitrogens is 1. The topological polar surface area (TPSA) is 59.4 Å². The number of rotatable bonds is 5. The summed E-state index contributed by atoms with van der Waals surface area (Å²) in [6.07, 6.45) is 3.00. The number of carbonyl (C=O) groups is 1. The second kappa shape index (κ2) is 9.09. The third kappa shape index (κ3) is 4.78. The summed E-state index contributed by atoms with van der Waals surface area (Å²) < 4.78 is 19.0. The molecule has 0 spiro atoms. The van der Waals surface area contributed by atoms with Crippen molar-refractivity contribution in [3.8, 4) is 11.1 Å². The van der Waals surface area contributed by atoms with E-state index in [0.717, 1.165) is 33.6 Å². The molecule has 5 heteroatoms.